The van der Waals surface area contributed by atoms with Gasteiger partial charge in [-0.1, -0.05) is 6.92 Å². The lowest BCUT2D eigenvalue weighted by molar-refractivity contribution is -0.123. The number of nitrogens with zero attached hydrogens (tertiary/aromatic N) is 1. The number of carbonyl (C=O) groups excluding carboxylic acids is 1. The van der Waals surface area contributed by atoms with E-state index < -0.39 is 10.0 Å². The van der Waals surface area contributed by atoms with Gasteiger partial charge in [0.2, 0.25) is 15.9 Å². The van der Waals surface area contributed by atoms with Gasteiger partial charge in [-0.2, -0.15) is 0 Å². The van der Waals surface area contributed by atoms with E-state index in [1.807, 2.05) is 6.92 Å². The maximum absolute atomic E-state index is 12.1. The maximum Gasteiger partial charge on any atom is 0.223 e. The van der Waals surface area contributed by atoms with Crippen molar-refractivity contribution in [2.75, 3.05) is 39.0 Å². The van der Waals surface area contributed by atoms with Gasteiger partial charge in [0.15, 0.2) is 0 Å². The zero-order chi connectivity index (χ0) is 15.5. The van der Waals surface area contributed by atoms with Crippen LogP contribution < -0.4 is 10.6 Å². The van der Waals surface area contributed by atoms with Gasteiger partial charge in [0, 0.05) is 25.6 Å². The first-order chi connectivity index (χ1) is 9.89. The second-order valence-electron chi connectivity index (χ2n) is 6.27. The van der Waals surface area contributed by atoms with Crippen molar-refractivity contribution >= 4 is 15.9 Å². The third kappa shape index (κ3) is 4.17. The monoisotopic (exact) mass is 317 g/mol. The summed E-state index contributed by atoms with van der Waals surface area (Å²) in [7, 11) is -3.13. The molecule has 21 heavy (non-hydrogen) atoms. The Bertz CT molecular complexity index is 472. The van der Waals surface area contributed by atoms with Gasteiger partial charge in [-0.15, -0.1) is 0 Å². The van der Waals surface area contributed by atoms with Crippen molar-refractivity contribution in [1.29, 1.82) is 0 Å². The van der Waals surface area contributed by atoms with Gasteiger partial charge in [-0.3, -0.25) is 4.79 Å². The molecule has 0 bridgehead atoms. The van der Waals surface area contributed by atoms with Gasteiger partial charge >= 0.3 is 0 Å². The molecule has 0 aromatic rings. The number of hydrogen-bond acceptors (Lipinski definition) is 4. The van der Waals surface area contributed by atoms with Crippen molar-refractivity contribution in [1.82, 2.24) is 14.9 Å². The lowest BCUT2D eigenvalue weighted by Gasteiger charge is -2.23. The van der Waals surface area contributed by atoms with Crippen LogP contribution in [0.4, 0.5) is 0 Å². The fourth-order valence-corrected chi connectivity index (χ4v) is 4.27. The number of hydrogen-bond donors (Lipinski definition) is 2. The van der Waals surface area contributed by atoms with E-state index in [-0.39, 0.29) is 17.2 Å². The number of piperidine rings is 1. The van der Waals surface area contributed by atoms with Crippen LogP contribution in [0.3, 0.4) is 0 Å². The second-order valence-corrected chi connectivity index (χ2v) is 8.25. The van der Waals surface area contributed by atoms with Crippen LogP contribution in [-0.2, 0) is 14.8 Å². The molecule has 1 unspecified atom stereocenters. The highest BCUT2D eigenvalue weighted by atomic mass is 32.2. The van der Waals surface area contributed by atoms with E-state index in [0.717, 1.165) is 32.4 Å². The number of rotatable bonds is 7. The van der Waals surface area contributed by atoms with Crippen LogP contribution in [-0.4, -0.2) is 57.6 Å². The third-order valence-electron chi connectivity index (χ3n) is 4.81. The van der Waals surface area contributed by atoms with E-state index in [0.29, 0.717) is 26.1 Å². The highest BCUT2D eigenvalue weighted by Crippen LogP contribution is 2.58. The number of carbonyl (C=O) groups is 1. The SMILES string of the molecule is CCN(CCCNC(=O)C1CC12CCNCC2)S(C)(=O)=O. The van der Waals surface area contributed by atoms with Crippen LogP contribution in [0, 0.1) is 11.3 Å². The molecule has 2 rings (SSSR count). The molecule has 1 heterocycles. The molecule has 0 aromatic carbocycles. The average molecular weight is 317 g/mol. The molecule has 1 saturated heterocycles. The second kappa shape index (κ2) is 6.62. The molecule has 1 atom stereocenters. The summed E-state index contributed by atoms with van der Waals surface area (Å²) in [6.45, 7) is 5.36. The van der Waals surface area contributed by atoms with Crippen molar-refractivity contribution in [3.05, 3.63) is 0 Å². The zero-order valence-electron chi connectivity index (χ0n) is 13.0. The van der Waals surface area contributed by atoms with Crippen LogP contribution in [0.15, 0.2) is 0 Å². The molecule has 6 nitrogen and oxygen atoms in total. The minimum absolute atomic E-state index is 0.152. The first-order valence-electron chi connectivity index (χ1n) is 7.82. The lowest BCUT2D eigenvalue weighted by Crippen LogP contribution is -2.35. The fourth-order valence-electron chi connectivity index (χ4n) is 3.34. The molecule has 7 heteroatoms. The summed E-state index contributed by atoms with van der Waals surface area (Å²) in [4.78, 5) is 12.1. The number of amides is 1. The van der Waals surface area contributed by atoms with Crippen LogP contribution in [0.2, 0.25) is 0 Å². The smallest absolute Gasteiger partial charge is 0.223 e. The van der Waals surface area contributed by atoms with Crippen molar-refractivity contribution < 1.29 is 13.2 Å². The van der Waals surface area contributed by atoms with E-state index >= 15 is 0 Å². The first-order valence-corrected chi connectivity index (χ1v) is 9.67. The minimum atomic E-state index is -3.13. The largest absolute Gasteiger partial charge is 0.356 e. The Kier molecular flexibility index (Phi) is 5.27. The van der Waals surface area contributed by atoms with Crippen LogP contribution in [0.5, 0.6) is 0 Å². The summed E-state index contributed by atoms with van der Waals surface area (Å²) in [6.07, 6.45) is 5.10. The predicted octanol–water partition coefficient (Wildman–Crippen LogP) is 0.164. The van der Waals surface area contributed by atoms with Gasteiger partial charge in [-0.25, -0.2) is 12.7 Å². The maximum atomic E-state index is 12.1. The van der Waals surface area contributed by atoms with Crippen molar-refractivity contribution in [3.63, 3.8) is 0 Å². The summed E-state index contributed by atoms with van der Waals surface area (Å²) < 4.78 is 24.3. The Morgan fingerprint density at radius 1 is 1.38 bits per heavy atom. The summed E-state index contributed by atoms with van der Waals surface area (Å²) in [5.74, 6) is 0.330. The van der Waals surface area contributed by atoms with Crippen LogP contribution >= 0.6 is 0 Å². The summed E-state index contributed by atoms with van der Waals surface area (Å²) in [6, 6.07) is 0. The zero-order valence-corrected chi connectivity index (χ0v) is 13.8. The van der Waals surface area contributed by atoms with E-state index in [9.17, 15) is 13.2 Å². The molecule has 2 fully saturated rings. The van der Waals surface area contributed by atoms with E-state index in [4.69, 9.17) is 0 Å². The lowest BCUT2D eigenvalue weighted by atomic mass is 9.92. The van der Waals surface area contributed by atoms with Gasteiger partial charge in [0.1, 0.15) is 0 Å². The predicted molar refractivity (Wildman–Crippen MR) is 82.4 cm³/mol. The third-order valence-corrected chi connectivity index (χ3v) is 6.19. The Morgan fingerprint density at radius 3 is 2.62 bits per heavy atom. The number of sulfonamides is 1. The first kappa shape index (κ1) is 16.7. The molecule has 1 aliphatic heterocycles. The quantitative estimate of drug-likeness (QED) is 0.656. The molecule has 1 spiro atoms. The molecule has 0 radical (unpaired) electrons. The topological polar surface area (TPSA) is 78.5 Å². The highest BCUT2D eigenvalue weighted by molar-refractivity contribution is 7.88. The van der Waals surface area contributed by atoms with E-state index in [1.54, 1.807) is 0 Å². The number of nitrogens with one attached hydrogen (secondary N) is 2. The van der Waals surface area contributed by atoms with Gasteiger partial charge in [0.05, 0.1) is 6.26 Å². The van der Waals surface area contributed by atoms with Crippen molar-refractivity contribution in [3.8, 4) is 0 Å². The van der Waals surface area contributed by atoms with Crippen molar-refractivity contribution in [2.24, 2.45) is 11.3 Å². The van der Waals surface area contributed by atoms with E-state index in [1.165, 1.54) is 10.6 Å². The van der Waals surface area contributed by atoms with Crippen LogP contribution in [0.1, 0.15) is 32.6 Å². The van der Waals surface area contributed by atoms with Gasteiger partial charge < -0.3 is 10.6 Å². The molecule has 1 amide bonds. The fraction of sp³-hybridized carbons (Fsp3) is 0.929. The van der Waals surface area contributed by atoms with Gasteiger partial charge in [-0.05, 0) is 44.2 Å². The average Bonchev–Trinajstić information content (AvgIpc) is 3.11. The minimum Gasteiger partial charge on any atom is -0.356 e. The molecule has 122 valence electrons. The van der Waals surface area contributed by atoms with Crippen LogP contribution in [0.25, 0.3) is 0 Å². The van der Waals surface area contributed by atoms with Crippen molar-refractivity contribution in [2.45, 2.75) is 32.6 Å². The molecule has 2 aliphatic rings. The highest BCUT2D eigenvalue weighted by Gasteiger charge is 2.57. The molecule has 1 saturated carbocycles. The molecular formula is C14H27N3O3S. The summed E-state index contributed by atoms with van der Waals surface area (Å²) in [5.41, 5.74) is 0.261. The Morgan fingerprint density at radius 2 is 2.05 bits per heavy atom. The standard InChI is InChI=1S/C14H27N3O3S/c1-3-17(21(2,19)20)10-4-7-16-13(18)12-11-14(12)5-8-15-9-6-14/h12,15H,3-11H2,1-2H3,(H,16,18). The van der Waals surface area contributed by atoms with Gasteiger partial charge in [0.25, 0.3) is 0 Å². The Labute approximate surface area is 127 Å². The Hall–Kier alpha value is -0.660. The molecule has 1 aliphatic carbocycles. The Balaban J connectivity index is 1.66. The molecular weight excluding hydrogens is 290 g/mol. The summed E-state index contributed by atoms with van der Waals surface area (Å²) in [5, 5.41) is 6.30. The van der Waals surface area contributed by atoms with E-state index in [2.05, 4.69) is 10.6 Å². The molecule has 0 aromatic heterocycles. The molecule has 2 N–H and O–H groups in total. The summed E-state index contributed by atoms with van der Waals surface area (Å²) >= 11 is 0. The normalized spacial score (nSPS) is 24.2.